The largest absolute Gasteiger partial charge is 0.326 e. The Balaban J connectivity index is 1.59. The van der Waals surface area contributed by atoms with Crippen LogP contribution in [-0.2, 0) is 24.7 Å². The lowest BCUT2D eigenvalue weighted by atomic mass is 10.3. The number of halogens is 2. The summed E-state index contributed by atoms with van der Waals surface area (Å²) in [4.78, 5) is 11.8. The van der Waals surface area contributed by atoms with E-state index in [4.69, 9.17) is 0 Å². The molecule has 3 rings (SSSR count). The number of hydrogen-bond donors (Lipinski definition) is 2. The summed E-state index contributed by atoms with van der Waals surface area (Å²) in [7, 11) is -7.75. The van der Waals surface area contributed by atoms with Crippen LogP contribution >= 0.6 is 0 Å². The first-order valence-electron chi connectivity index (χ1n) is 9.22. The lowest BCUT2D eigenvalue weighted by molar-refractivity contribution is -0.115. The van der Waals surface area contributed by atoms with Crippen molar-refractivity contribution in [2.75, 3.05) is 15.8 Å². The van der Waals surface area contributed by atoms with E-state index in [1.807, 2.05) is 0 Å². The highest BCUT2D eigenvalue weighted by Crippen LogP contribution is 2.20. The summed E-state index contributed by atoms with van der Waals surface area (Å²) in [5.41, 5.74) is 0.447. The number of carbonyl (C=O) groups is 1. The molecule has 2 N–H and O–H groups in total. The fraction of sp³-hybridized carbons (Fsp3) is 0.0952. The second-order valence-corrected chi connectivity index (χ2v) is 10.5. The Morgan fingerprint density at radius 3 is 2.00 bits per heavy atom. The summed E-state index contributed by atoms with van der Waals surface area (Å²) in [5.74, 6) is -3.35. The highest BCUT2D eigenvalue weighted by molar-refractivity contribution is 7.92. The first kappa shape index (κ1) is 23.4. The highest BCUT2D eigenvalue weighted by Gasteiger charge is 2.18. The Morgan fingerprint density at radius 1 is 0.750 bits per heavy atom. The number of anilines is 2. The molecule has 0 aliphatic rings. The fourth-order valence-corrected chi connectivity index (χ4v) is 5.01. The van der Waals surface area contributed by atoms with Gasteiger partial charge in [0.2, 0.25) is 5.91 Å². The number of amides is 1. The van der Waals surface area contributed by atoms with Gasteiger partial charge in [-0.25, -0.2) is 25.6 Å². The van der Waals surface area contributed by atoms with Crippen molar-refractivity contribution in [2.24, 2.45) is 0 Å². The molecule has 0 fully saturated rings. The Morgan fingerprint density at radius 2 is 1.38 bits per heavy atom. The monoisotopic (exact) mass is 480 g/mol. The van der Waals surface area contributed by atoms with Gasteiger partial charge in [0, 0.05) is 17.8 Å². The summed E-state index contributed by atoms with van der Waals surface area (Å²) in [5, 5.41) is 2.53. The molecule has 0 saturated heterocycles. The Labute approximate surface area is 184 Å². The van der Waals surface area contributed by atoms with Gasteiger partial charge in [0.05, 0.1) is 15.5 Å². The molecule has 0 heterocycles. The van der Waals surface area contributed by atoms with Crippen molar-refractivity contribution < 1.29 is 30.4 Å². The summed E-state index contributed by atoms with van der Waals surface area (Å²) < 4.78 is 77.6. The van der Waals surface area contributed by atoms with E-state index in [2.05, 4.69) is 10.0 Å². The molecule has 0 bridgehead atoms. The summed E-state index contributed by atoms with van der Waals surface area (Å²) in [6.45, 7) is 0. The van der Waals surface area contributed by atoms with E-state index in [0.29, 0.717) is 17.8 Å². The maximum atomic E-state index is 13.3. The van der Waals surface area contributed by atoms with Gasteiger partial charge in [-0.05, 0) is 54.6 Å². The third-order valence-corrected chi connectivity index (χ3v) is 7.43. The van der Waals surface area contributed by atoms with Crippen LogP contribution in [0.4, 0.5) is 20.2 Å². The van der Waals surface area contributed by atoms with Crippen LogP contribution in [0, 0.1) is 11.6 Å². The minimum Gasteiger partial charge on any atom is -0.326 e. The number of hydrogen-bond acceptors (Lipinski definition) is 5. The topological polar surface area (TPSA) is 109 Å². The molecule has 0 saturated carbocycles. The molecule has 7 nitrogen and oxygen atoms in total. The zero-order valence-corrected chi connectivity index (χ0v) is 18.1. The van der Waals surface area contributed by atoms with Crippen molar-refractivity contribution in [3.63, 3.8) is 0 Å². The normalized spacial score (nSPS) is 11.7. The fourth-order valence-electron chi connectivity index (χ4n) is 2.68. The van der Waals surface area contributed by atoms with E-state index in [9.17, 15) is 30.4 Å². The Hall–Kier alpha value is -3.31. The standard InChI is InChI=1S/C21H18F2N2O5S2/c22-19-11-10-18(14-20(19)23)32(29,30)25-16-8-6-15(7-9-16)24-21(26)12-13-31(27,28)17-4-2-1-3-5-17/h1-11,14,25H,12-13H2,(H,24,26). The number of rotatable bonds is 8. The Kier molecular flexibility index (Phi) is 6.90. The van der Waals surface area contributed by atoms with Crippen molar-refractivity contribution in [1.82, 2.24) is 0 Å². The van der Waals surface area contributed by atoms with Gasteiger partial charge in [-0.1, -0.05) is 18.2 Å². The lowest BCUT2D eigenvalue weighted by Gasteiger charge is -2.10. The van der Waals surface area contributed by atoms with E-state index >= 15 is 0 Å². The third-order valence-electron chi connectivity index (χ3n) is 4.32. The lowest BCUT2D eigenvalue weighted by Crippen LogP contribution is -2.17. The van der Waals surface area contributed by atoms with Crippen LogP contribution < -0.4 is 10.0 Å². The Bertz CT molecular complexity index is 1330. The third kappa shape index (κ3) is 5.89. The molecular weight excluding hydrogens is 462 g/mol. The van der Waals surface area contributed by atoms with Crippen LogP contribution in [0.3, 0.4) is 0 Å². The summed E-state index contributed by atoms with van der Waals surface area (Å²) in [6.07, 6.45) is -0.262. The van der Waals surface area contributed by atoms with Crippen LogP contribution in [0.25, 0.3) is 0 Å². The van der Waals surface area contributed by atoms with E-state index in [-0.39, 0.29) is 22.8 Å². The molecule has 0 unspecified atom stereocenters. The van der Waals surface area contributed by atoms with Crippen molar-refractivity contribution >= 4 is 37.1 Å². The second kappa shape index (κ2) is 9.45. The van der Waals surface area contributed by atoms with Gasteiger partial charge >= 0.3 is 0 Å². The van der Waals surface area contributed by atoms with Gasteiger partial charge in [0.1, 0.15) is 0 Å². The van der Waals surface area contributed by atoms with Crippen LogP contribution in [0.1, 0.15) is 6.42 Å². The number of carbonyl (C=O) groups excluding carboxylic acids is 1. The first-order valence-corrected chi connectivity index (χ1v) is 12.4. The molecule has 1 amide bonds. The molecule has 0 radical (unpaired) electrons. The molecule has 11 heteroatoms. The zero-order valence-electron chi connectivity index (χ0n) is 16.5. The molecule has 3 aromatic rings. The molecule has 0 aromatic heterocycles. The van der Waals surface area contributed by atoms with Crippen molar-refractivity contribution in [3.8, 4) is 0 Å². The number of benzene rings is 3. The smallest absolute Gasteiger partial charge is 0.261 e. The summed E-state index contributed by atoms with van der Waals surface area (Å²) >= 11 is 0. The SMILES string of the molecule is O=C(CCS(=O)(=O)c1ccccc1)Nc1ccc(NS(=O)(=O)c2ccc(F)c(F)c2)cc1. The van der Waals surface area contributed by atoms with Gasteiger partial charge in [-0.2, -0.15) is 0 Å². The van der Waals surface area contributed by atoms with Crippen LogP contribution in [0.15, 0.2) is 82.6 Å². The molecule has 0 spiro atoms. The minimum absolute atomic E-state index is 0.124. The van der Waals surface area contributed by atoms with Gasteiger partial charge in [-0.3, -0.25) is 9.52 Å². The van der Waals surface area contributed by atoms with Crippen LogP contribution in [-0.4, -0.2) is 28.5 Å². The van der Waals surface area contributed by atoms with E-state index in [1.165, 1.54) is 36.4 Å². The molecular formula is C21H18F2N2O5S2. The van der Waals surface area contributed by atoms with E-state index < -0.39 is 42.3 Å². The average molecular weight is 481 g/mol. The van der Waals surface area contributed by atoms with Crippen LogP contribution in [0.5, 0.6) is 0 Å². The maximum Gasteiger partial charge on any atom is 0.261 e. The minimum atomic E-state index is -4.15. The molecule has 0 aliphatic carbocycles. The number of sulfonamides is 1. The average Bonchev–Trinajstić information content (AvgIpc) is 2.76. The number of nitrogens with one attached hydrogen (secondary N) is 2. The van der Waals surface area contributed by atoms with Crippen molar-refractivity contribution in [2.45, 2.75) is 16.2 Å². The predicted molar refractivity (Wildman–Crippen MR) is 115 cm³/mol. The van der Waals surface area contributed by atoms with E-state index in [0.717, 1.165) is 6.07 Å². The number of sulfone groups is 1. The van der Waals surface area contributed by atoms with Gasteiger partial charge in [0.25, 0.3) is 10.0 Å². The molecule has 32 heavy (non-hydrogen) atoms. The molecule has 0 aliphatic heterocycles. The summed E-state index contributed by atoms with van der Waals surface area (Å²) in [6, 6.07) is 15.5. The molecule has 0 atom stereocenters. The maximum absolute atomic E-state index is 13.3. The molecule has 168 valence electrons. The zero-order chi connectivity index (χ0) is 23.4. The van der Waals surface area contributed by atoms with Crippen LogP contribution in [0.2, 0.25) is 0 Å². The van der Waals surface area contributed by atoms with Gasteiger partial charge in [0.15, 0.2) is 21.5 Å². The van der Waals surface area contributed by atoms with E-state index in [1.54, 1.807) is 18.2 Å². The second-order valence-electron chi connectivity index (χ2n) is 6.69. The van der Waals surface area contributed by atoms with Gasteiger partial charge < -0.3 is 5.32 Å². The quantitative estimate of drug-likeness (QED) is 0.512. The van der Waals surface area contributed by atoms with Gasteiger partial charge in [-0.15, -0.1) is 0 Å². The molecule has 3 aromatic carbocycles. The predicted octanol–water partition coefficient (Wildman–Crippen LogP) is 3.57. The van der Waals surface area contributed by atoms with Crippen molar-refractivity contribution in [1.29, 1.82) is 0 Å². The first-order chi connectivity index (χ1) is 15.1. The van der Waals surface area contributed by atoms with Crippen molar-refractivity contribution in [3.05, 3.63) is 84.4 Å². The highest BCUT2D eigenvalue weighted by atomic mass is 32.2.